The average molecular weight is 310 g/mol. The van der Waals surface area contributed by atoms with Crippen molar-refractivity contribution < 1.29 is 9.90 Å². The Kier molecular flexibility index (Phi) is 9.86. The third kappa shape index (κ3) is 8.68. The molecule has 3 rings (SSSR count). The fraction of sp³-hybridized carbons (Fsp3) is 0. The van der Waals surface area contributed by atoms with E-state index in [4.69, 9.17) is 9.90 Å². The molecule has 0 atom stereocenters. The molecule has 0 saturated carbocycles. The third-order valence-electron chi connectivity index (χ3n) is 2.50. The molecule has 0 amide bonds. The summed E-state index contributed by atoms with van der Waals surface area (Å²) in [6, 6.07) is 33.2. The van der Waals surface area contributed by atoms with E-state index in [1.807, 2.05) is 36.4 Å². The molecule has 3 aromatic rings. The van der Waals surface area contributed by atoms with E-state index in [0.29, 0.717) is 0 Å². The lowest BCUT2D eigenvalue weighted by Gasteiger charge is -2.00. The maximum atomic E-state index is 8.36. The molecule has 0 radical (unpaired) electrons. The second-order valence-corrected chi connectivity index (χ2v) is 5.52. The number of rotatable bonds is 2. The van der Waals surface area contributed by atoms with Crippen LogP contribution < -0.4 is 10.6 Å². The number of carboxylic acid groups (broad SMARTS) is 1. The molecule has 0 aliphatic heterocycles. The number of hydrogen-bond acceptors (Lipinski definition) is 1. The Balaban J connectivity index is 0.000000224. The summed E-state index contributed by atoms with van der Waals surface area (Å²) >= 11 is 0. The predicted octanol–water partition coefficient (Wildman–Crippen LogP) is 3.70. The molecule has 3 heteroatoms. The second kappa shape index (κ2) is 12.3. The van der Waals surface area contributed by atoms with Gasteiger partial charge in [-0.1, -0.05) is 106 Å². The lowest BCUT2D eigenvalue weighted by atomic mass is 10.4. The van der Waals surface area contributed by atoms with Gasteiger partial charge in [0.1, 0.15) is 0 Å². The van der Waals surface area contributed by atoms with Crippen LogP contribution in [0, 0.1) is 0 Å². The minimum atomic E-state index is -0.250. The molecule has 0 saturated heterocycles. The summed E-state index contributed by atoms with van der Waals surface area (Å²) < 4.78 is 0. The lowest BCUT2D eigenvalue weighted by Crippen LogP contribution is -2.01. The summed E-state index contributed by atoms with van der Waals surface area (Å²) in [6.45, 7) is -0.250. The Hall–Kier alpha value is -2.44. The van der Waals surface area contributed by atoms with E-state index in [1.165, 1.54) is 10.6 Å². The molecule has 1 N–H and O–H groups in total. The van der Waals surface area contributed by atoms with Crippen LogP contribution in [0.15, 0.2) is 97.1 Å². The predicted molar refractivity (Wildman–Crippen MR) is 95.6 cm³/mol. The zero-order chi connectivity index (χ0) is 15.9. The maximum absolute atomic E-state index is 8.36. The quantitative estimate of drug-likeness (QED) is 0.579. The molecule has 0 aliphatic carbocycles. The van der Waals surface area contributed by atoms with Gasteiger partial charge in [0.15, 0.2) is 0 Å². The first-order chi connectivity index (χ1) is 10.9. The van der Waals surface area contributed by atoms with Gasteiger partial charge in [0.25, 0.3) is 6.47 Å². The van der Waals surface area contributed by atoms with E-state index in [2.05, 4.69) is 60.7 Å². The van der Waals surface area contributed by atoms with Crippen molar-refractivity contribution in [2.75, 3.05) is 0 Å². The van der Waals surface area contributed by atoms with Crippen LogP contribution in [0.5, 0.6) is 0 Å². The van der Waals surface area contributed by atoms with Crippen LogP contribution in [0.2, 0.25) is 0 Å². The van der Waals surface area contributed by atoms with Crippen LogP contribution in [-0.2, 0) is 4.79 Å². The van der Waals surface area contributed by atoms with Crippen molar-refractivity contribution in [3.05, 3.63) is 97.1 Å². The van der Waals surface area contributed by atoms with Crippen molar-refractivity contribution in [3.63, 3.8) is 0 Å². The van der Waals surface area contributed by atoms with Gasteiger partial charge in [-0.2, -0.15) is 0 Å². The molecule has 2 nitrogen and oxygen atoms in total. The van der Waals surface area contributed by atoms with Crippen LogP contribution in [0.3, 0.4) is 0 Å². The first-order valence-electron chi connectivity index (χ1n) is 6.82. The number of carbonyl (C=O) groups is 1. The monoisotopic (exact) mass is 310 g/mol. The van der Waals surface area contributed by atoms with Crippen molar-refractivity contribution in [2.45, 2.75) is 0 Å². The van der Waals surface area contributed by atoms with Gasteiger partial charge >= 0.3 is 0 Å². The summed E-state index contributed by atoms with van der Waals surface area (Å²) in [7, 11) is 0.777. The SMILES string of the molecule is O=CO.c1ccc(Pc2ccccc2)cc1.c1ccccc1. The van der Waals surface area contributed by atoms with Crippen LogP contribution in [0.1, 0.15) is 0 Å². The lowest BCUT2D eigenvalue weighted by molar-refractivity contribution is -0.122. The van der Waals surface area contributed by atoms with Gasteiger partial charge in [0.05, 0.1) is 0 Å². The van der Waals surface area contributed by atoms with Gasteiger partial charge in [0, 0.05) is 0 Å². The summed E-state index contributed by atoms with van der Waals surface area (Å²) in [5, 5.41) is 9.68. The van der Waals surface area contributed by atoms with E-state index in [0.717, 1.165) is 8.58 Å². The standard InChI is InChI=1S/C12H11P.C6H6.CH2O2/c1-3-7-11(8-4-1)13-12-9-5-2-6-10-12;1-2-4-6-5-3-1;2-1-3/h1-10,13H;1-6H;1H,(H,2,3). The summed E-state index contributed by atoms with van der Waals surface area (Å²) in [6.07, 6.45) is 0. The first kappa shape index (κ1) is 17.6. The van der Waals surface area contributed by atoms with Crippen molar-refractivity contribution in [3.8, 4) is 0 Å². The van der Waals surface area contributed by atoms with Crippen LogP contribution in [0.25, 0.3) is 0 Å². The zero-order valence-electron chi connectivity index (χ0n) is 12.2. The highest BCUT2D eigenvalue weighted by molar-refractivity contribution is 7.55. The third-order valence-corrected chi connectivity index (χ3v) is 3.75. The van der Waals surface area contributed by atoms with Crippen LogP contribution in [-0.4, -0.2) is 11.6 Å². The fourth-order valence-electron chi connectivity index (χ4n) is 1.59. The van der Waals surface area contributed by atoms with Crippen molar-refractivity contribution in [2.24, 2.45) is 0 Å². The molecule has 3 aromatic carbocycles. The van der Waals surface area contributed by atoms with E-state index >= 15 is 0 Å². The summed E-state index contributed by atoms with van der Waals surface area (Å²) in [4.78, 5) is 8.36. The van der Waals surface area contributed by atoms with E-state index in [9.17, 15) is 0 Å². The Morgan fingerprint density at radius 3 is 1.09 bits per heavy atom. The Morgan fingerprint density at radius 2 is 0.818 bits per heavy atom. The normalized spacial score (nSPS) is 8.55. The summed E-state index contributed by atoms with van der Waals surface area (Å²) in [5.41, 5.74) is 0. The van der Waals surface area contributed by atoms with E-state index in [-0.39, 0.29) is 6.47 Å². The van der Waals surface area contributed by atoms with Crippen LogP contribution in [0.4, 0.5) is 0 Å². The molecule has 0 spiro atoms. The molecular formula is C19H19O2P. The average Bonchev–Trinajstić information content (AvgIpc) is 2.60. The van der Waals surface area contributed by atoms with Crippen molar-refractivity contribution in [1.29, 1.82) is 0 Å². The Bertz CT molecular complexity index is 534. The second-order valence-electron chi connectivity index (χ2n) is 4.12. The van der Waals surface area contributed by atoms with E-state index in [1.54, 1.807) is 0 Å². The zero-order valence-corrected chi connectivity index (χ0v) is 13.2. The highest BCUT2D eigenvalue weighted by Crippen LogP contribution is 2.08. The van der Waals surface area contributed by atoms with Gasteiger partial charge < -0.3 is 5.11 Å². The van der Waals surface area contributed by atoms with E-state index < -0.39 is 0 Å². The van der Waals surface area contributed by atoms with Crippen LogP contribution >= 0.6 is 8.58 Å². The first-order valence-corrected chi connectivity index (χ1v) is 7.82. The van der Waals surface area contributed by atoms with Gasteiger partial charge in [-0.05, 0) is 10.6 Å². The molecule has 112 valence electrons. The molecule has 22 heavy (non-hydrogen) atoms. The molecule has 0 bridgehead atoms. The molecule has 0 heterocycles. The summed E-state index contributed by atoms with van der Waals surface area (Å²) in [5.74, 6) is 0. The smallest absolute Gasteiger partial charge is 0.290 e. The Labute approximate surface area is 133 Å². The number of hydrogen-bond donors (Lipinski definition) is 1. The van der Waals surface area contributed by atoms with Gasteiger partial charge in [-0.15, -0.1) is 0 Å². The van der Waals surface area contributed by atoms with Gasteiger partial charge in [-0.25, -0.2) is 0 Å². The topological polar surface area (TPSA) is 37.3 Å². The minimum Gasteiger partial charge on any atom is -0.483 e. The molecule has 0 aliphatic rings. The van der Waals surface area contributed by atoms with Gasteiger partial charge in [-0.3, -0.25) is 4.79 Å². The van der Waals surface area contributed by atoms with Crippen molar-refractivity contribution >= 4 is 25.7 Å². The highest BCUT2D eigenvalue weighted by Gasteiger charge is 1.92. The Morgan fingerprint density at radius 1 is 0.591 bits per heavy atom. The van der Waals surface area contributed by atoms with Crippen molar-refractivity contribution in [1.82, 2.24) is 0 Å². The number of benzene rings is 3. The maximum Gasteiger partial charge on any atom is 0.290 e. The highest BCUT2D eigenvalue weighted by atomic mass is 31.1. The molecule has 0 aromatic heterocycles. The fourth-order valence-corrected chi connectivity index (χ4v) is 2.65. The minimum absolute atomic E-state index is 0.250. The molecular weight excluding hydrogens is 291 g/mol. The van der Waals surface area contributed by atoms with Gasteiger partial charge in [0.2, 0.25) is 0 Å². The molecule has 0 fully saturated rings. The molecule has 0 unspecified atom stereocenters. The largest absolute Gasteiger partial charge is 0.483 e.